The van der Waals surface area contributed by atoms with Crippen molar-refractivity contribution in [3.8, 4) is 5.75 Å². The van der Waals surface area contributed by atoms with E-state index < -0.39 is 5.82 Å². The van der Waals surface area contributed by atoms with Crippen molar-refractivity contribution in [2.24, 2.45) is 5.73 Å². The molecule has 5 heteroatoms. The SMILES string of the molecule is Cc1ccc(Br)cc1OCc1ccc(F)c(C(N)=S)c1. The highest BCUT2D eigenvalue weighted by molar-refractivity contribution is 9.10. The summed E-state index contributed by atoms with van der Waals surface area (Å²) in [6, 6.07) is 10.4. The van der Waals surface area contributed by atoms with E-state index in [1.54, 1.807) is 12.1 Å². The van der Waals surface area contributed by atoms with Gasteiger partial charge in [0.25, 0.3) is 0 Å². The number of halogens is 2. The van der Waals surface area contributed by atoms with Crippen LogP contribution in [0.25, 0.3) is 0 Å². The lowest BCUT2D eigenvalue weighted by Gasteiger charge is -2.11. The number of hydrogen-bond acceptors (Lipinski definition) is 2. The average Bonchev–Trinajstić information content (AvgIpc) is 2.41. The second-order valence-electron chi connectivity index (χ2n) is 4.38. The van der Waals surface area contributed by atoms with Crippen molar-refractivity contribution >= 4 is 33.1 Å². The van der Waals surface area contributed by atoms with Crippen LogP contribution in [0.4, 0.5) is 4.39 Å². The van der Waals surface area contributed by atoms with Gasteiger partial charge in [0.1, 0.15) is 23.2 Å². The molecule has 0 heterocycles. The van der Waals surface area contributed by atoms with Crippen LogP contribution in [-0.4, -0.2) is 4.99 Å². The smallest absolute Gasteiger partial charge is 0.133 e. The molecule has 2 aromatic rings. The molecule has 0 amide bonds. The molecule has 2 N–H and O–H groups in total. The predicted molar refractivity (Wildman–Crippen MR) is 85.5 cm³/mol. The molecule has 0 aliphatic rings. The third-order valence-corrected chi connectivity index (χ3v) is 3.55. The summed E-state index contributed by atoms with van der Waals surface area (Å²) in [5.74, 6) is 0.362. The lowest BCUT2D eigenvalue weighted by molar-refractivity contribution is 0.303. The molecular weight excluding hydrogens is 341 g/mol. The van der Waals surface area contributed by atoms with Gasteiger partial charge in [0.2, 0.25) is 0 Å². The van der Waals surface area contributed by atoms with Gasteiger partial charge < -0.3 is 10.5 Å². The van der Waals surface area contributed by atoms with Gasteiger partial charge in [-0.3, -0.25) is 0 Å². The first-order valence-corrected chi connectivity index (χ1v) is 7.14. The van der Waals surface area contributed by atoms with Crippen LogP contribution < -0.4 is 10.5 Å². The molecule has 0 unspecified atom stereocenters. The van der Waals surface area contributed by atoms with Gasteiger partial charge in [-0.15, -0.1) is 0 Å². The van der Waals surface area contributed by atoms with E-state index in [0.29, 0.717) is 6.61 Å². The van der Waals surface area contributed by atoms with Crippen LogP contribution in [0.2, 0.25) is 0 Å². The Bertz CT molecular complexity index is 660. The third-order valence-electron chi connectivity index (χ3n) is 2.84. The summed E-state index contributed by atoms with van der Waals surface area (Å²) < 4.78 is 20.2. The van der Waals surface area contributed by atoms with E-state index in [1.807, 2.05) is 25.1 Å². The van der Waals surface area contributed by atoms with Crippen LogP contribution in [0.1, 0.15) is 16.7 Å². The van der Waals surface area contributed by atoms with Gasteiger partial charge in [-0.2, -0.15) is 0 Å². The number of ether oxygens (including phenoxy) is 1. The first-order valence-electron chi connectivity index (χ1n) is 5.94. The molecular formula is C15H13BrFNOS. The normalized spacial score (nSPS) is 10.3. The van der Waals surface area contributed by atoms with Crippen molar-refractivity contribution in [2.75, 3.05) is 0 Å². The van der Waals surface area contributed by atoms with E-state index in [0.717, 1.165) is 21.3 Å². The van der Waals surface area contributed by atoms with Gasteiger partial charge in [0.15, 0.2) is 0 Å². The lowest BCUT2D eigenvalue weighted by Crippen LogP contribution is -2.12. The van der Waals surface area contributed by atoms with Gasteiger partial charge in [0.05, 0.1) is 0 Å². The Morgan fingerprint density at radius 1 is 1.30 bits per heavy atom. The fraction of sp³-hybridized carbons (Fsp3) is 0.133. The number of benzene rings is 2. The molecule has 104 valence electrons. The van der Waals surface area contributed by atoms with Gasteiger partial charge in [0, 0.05) is 10.0 Å². The summed E-state index contributed by atoms with van der Waals surface area (Å²) in [6.45, 7) is 2.29. The predicted octanol–water partition coefficient (Wildman–Crippen LogP) is 4.11. The van der Waals surface area contributed by atoms with Crippen molar-refractivity contribution in [2.45, 2.75) is 13.5 Å². The minimum Gasteiger partial charge on any atom is -0.489 e. The number of aryl methyl sites for hydroxylation is 1. The van der Waals surface area contributed by atoms with E-state index in [9.17, 15) is 4.39 Å². The molecule has 0 fully saturated rings. The van der Waals surface area contributed by atoms with E-state index in [4.69, 9.17) is 22.7 Å². The summed E-state index contributed by atoms with van der Waals surface area (Å²) in [5, 5.41) is 0. The largest absolute Gasteiger partial charge is 0.489 e. The Morgan fingerprint density at radius 3 is 2.75 bits per heavy atom. The van der Waals surface area contributed by atoms with Crippen LogP contribution in [0, 0.1) is 12.7 Å². The molecule has 2 rings (SSSR count). The van der Waals surface area contributed by atoms with E-state index in [2.05, 4.69) is 15.9 Å². The second kappa shape index (κ2) is 6.33. The standard InChI is InChI=1S/C15H13BrFNOS/c1-9-2-4-11(16)7-14(9)19-8-10-3-5-13(17)12(6-10)15(18)20/h2-7H,8H2,1H3,(H2,18,20). The highest BCUT2D eigenvalue weighted by Gasteiger charge is 2.07. The van der Waals surface area contributed by atoms with E-state index >= 15 is 0 Å². The summed E-state index contributed by atoms with van der Waals surface area (Å²) >= 11 is 8.21. The molecule has 0 aromatic heterocycles. The second-order valence-corrected chi connectivity index (χ2v) is 5.73. The maximum atomic E-state index is 13.5. The van der Waals surface area contributed by atoms with Crippen molar-refractivity contribution in [3.63, 3.8) is 0 Å². The third kappa shape index (κ3) is 3.55. The zero-order valence-corrected chi connectivity index (χ0v) is 13.2. The molecule has 0 aliphatic carbocycles. The molecule has 0 bridgehead atoms. The number of thiocarbonyl (C=S) groups is 1. The Labute approximate surface area is 130 Å². The van der Waals surface area contributed by atoms with Crippen molar-refractivity contribution in [1.82, 2.24) is 0 Å². The molecule has 2 nitrogen and oxygen atoms in total. The van der Waals surface area contributed by atoms with Crippen LogP contribution >= 0.6 is 28.1 Å². The van der Waals surface area contributed by atoms with Gasteiger partial charge in [-0.05, 0) is 42.3 Å². The van der Waals surface area contributed by atoms with E-state index in [1.165, 1.54) is 6.07 Å². The summed E-state index contributed by atoms with van der Waals surface area (Å²) in [4.78, 5) is 0.0444. The minimum absolute atomic E-state index is 0.0444. The monoisotopic (exact) mass is 353 g/mol. The first-order chi connectivity index (χ1) is 9.47. The van der Waals surface area contributed by atoms with Gasteiger partial charge in [-0.25, -0.2) is 4.39 Å². The lowest BCUT2D eigenvalue weighted by atomic mass is 10.1. The zero-order valence-electron chi connectivity index (χ0n) is 10.8. The molecule has 2 aromatic carbocycles. The maximum absolute atomic E-state index is 13.5. The Morgan fingerprint density at radius 2 is 2.05 bits per heavy atom. The minimum atomic E-state index is -0.417. The Kier molecular flexibility index (Phi) is 4.73. The van der Waals surface area contributed by atoms with Crippen LogP contribution in [0.5, 0.6) is 5.75 Å². The summed E-state index contributed by atoms with van der Waals surface area (Å²) in [5.41, 5.74) is 7.57. The summed E-state index contributed by atoms with van der Waals surface area (Å²) in [6.07, 6.45) is 0. The first kappa shape index (κ1) is 14.9. The number of rotatable bonds is 4. The van der Waals surface area contributed by atoms with Crippen molar-refractivity contribution < 1.29 is 9.13 Å². The van der Waals surface area contributed by atoms with Crippen molar-refractivity contribution in [3.05, 3.63) is 63.4 Å². The molecule has 0 saturated heterocycles. The molecule has 20 heavy (non-hydrogen) atoms. The van der Waals surface area contributed by atoms with Crippen molar-refractivity contribution in [1.29, 1.82) is 0 Å². The molecule has 0 atom stereocenters. The Hall–Kier alpha value is -1.46. The fourth-order valence-electron chi connectivity index (χ4n) is 1.74. The van der Waals surface area contributed by atoms with Crippen LogP contribution in [-0.2, 0) is 6.61 Å². The zero-order chi connectivity index (χ0) is 14.7. The average molecular weight is 354 g/mol. The molecule has 0 radical (unpaired) electrons. The molecule has 0 saturated carbocycles. The number of nitrogens with two attached hydrogens (primary N) is 1. The fourth-order valence-corrected chi connectivity index (χ4v) is 2.24. The van der Waals surface area contributed by atoms with Gasteiger partial charge >= 0.3 is 0 Å². The van der Waals surface area contributed by atoms with Crippen LogP contribution in [0.15, 0.2) is 40.9 Å². The highest BCUT2D eigenvalue weighted by atomic mass is 79.9. The highest BCUT2D eigenvalue weighted by Crippen LogP contribution is 2.24. The summed E-state index contributed by atoms with van der Waals surface area (Å²) in [7, 11) is 0. The Balaban J connectivity index is 2.17. The topological polar surface area (TPSA) is 35.2 Å². The molecule has 0 aliphatic heterocycles. The van der Waals surface area contributed by atoms with Gasteiger partial charge in [-0.1, -0.05) is 40.3 Å². The maximum Gasteiger partial charge on any atom is 0.133 e. The van der Waals surface area contributed by atoms with Crippen LogP contribution in [0.3, 0.4) is 0 Å². The number of hydrogen-bond donors (Lipinski definition) is 1. The van der Waals surface area contributed by atoms with E-state index in [-0.39, 0.29) is 10.6 Å². The molecule has 0 spiro atoms. The quantitative estimate of drug-likeness (QED) is 0.840.